The Hall–Kier alpha value is -1.49. The van der Waals surface area contributed by atoms with Gasteiger partial charge in [-0.25, -0.2) is 8.78 Å². The second kappa shape index (κ2) is 5.44. The Balaban J connectivity index is 2.13. The van der Waals surface area contributed by atoms with E-state index in [9.17, 15) is 13.6 Å². The van der Waals surface area contributed by atoms with Gasteiger partial charge in [0.25, 0.3) is 5.91 Å². The number of amides is 1. The quantitative estimate of drug-likeness (QED) is 0.889. The lowest BCUT2D eigenvalue weighted by atomic mass is 10.1. The average molecular weight is 254 g/mol. The maximum atomic E-state index is 13.5. The number of benzene rings is 1. The van der Waals surface area contributed by atoms with Crippen LogP contribution in [0.4, 0.5) is 8.78 Å². The molecule has 5 heteroatoms. The molecule has 1 aromatic carbocycles. The number of halogens is 2. The first-order chi connectivity index (χ1) is 8.63. The van der Waals surface area contributed by atoms with Gasteiger partial charge in [0.1, 0.15) is 17.2 Å². The van der Waals surface area contributed by atoms with Gasteiger partial charge in [-0.1, -0.05) is 6.07 Å². The van der Waals surface area contributed by atoms with Crippen molar-refractivity contribution in [3.8, 4) is 0 Å². The van der Waals surface area contributed by atoms with E-state index >= 15 is 0 Å². The van der Waals surface area contributed by atoms with Crippen LogP contribution in [0.25, 0.3) is 0 Å². The van der Waals surface area contributed by atoms with E-state index < -0.39 is 23.1 Å². The van der Waals surface area contributed by atoms with Crippen LogP contribution in [0.2, 0.25) is 0 Å². The van der Waals surface area contributed by atoms with Crippen LogP contribution in [0.15, 0.2) is 18.2 Å². The minimum Gasteiger partial charge on any atom is -0.338 e. The van der Waals surface area contributed by atoms with Gasteiger partial charge < -0.3 is 10.2 Å². The highest BCUT2D eigenvalue weighted by Crippen LogP contribution is 2.21. The van der Waals surface area contributed by atoms with Crippen LogP contribution in [-0.2, 0) is 0 Å². The zero-order valence-electron chi connectivity index (χ0n) is 10.2. The third kappa shape index (κ3) is 2.51. The van der Waals surface area contributed by atoms with E-state index in [0.29, 0.717) is 19.0 Å². The van der Waals surface area contributed by atoms with Gasteiger partial charge in [0.05, 0.1) is 0 Å². The molecular weight excluding hydrogens is 238 g/mol. The molecule has 0 aromatic heterocycles. The molecule has 0 bridgehead atoms. The summed E-state index contributed by atoms with van der Waals surface area (Å²) in [6.07, 6.45) is 0.864. The number of hydrogen-bond acceptors (Lipinski definition) is 2. The molecule has 1 saturated heterocycles. The van der Waals surface area contributed by atoms with Crippen LogP contribution in [0.1, 0.15) is 16.8 Å². The summed E-state index contributed by atoms with van der Waals surface area (Å²) in [5.74, 6) is -1.79. The van der Waals surface area contributed by atoms with E-state index in [1.165, 1.54) is 11.0 Å². The normalized spacial score (nSPS) is 19.3. The molecule has 0 spiro atoms. The van der Waals surface area contributed by atoms with Crippen LogP contribution >= 0.6 is 0 Å². The number of nitrogens with one attached hydrogen (secondary N) is 1. The van der Waals surface area contributed by atoms with E-state index in [0.717, 1.165) is 25.1 Å². The fourth-order valence-electron chi connectivity index (χ4n) is 2.33. The van der Waals surface area contributed by atoms with Gasteiger partial charge >= 0.3 is 0 Å². The molecule has 0 unspecified atom stereocenters. The van der Waals surface area contributed by atoms with Crippen LogP contribution in [-0.4, -0.2) is 37.5 Å². The van der Waals surface area contributed by atoms with Crippen molar-refractivity contribution >= 4 is 5.91 Å². The predicted molar refractivity (Wildman–Crippen MR) is 64.3 cm³/mol. The highest BCUT2D eigenvalue weighted by atomic mass is 19.1. The number of rotatable bonds is 3. The van der Waals surface area contributed by atoms with Crippen LogP contribution in [0.5, 0.6) is 0 Å². The molecule has 1 aromatic rings. The first-order valence-corrected chi connectivity index (χ1v) is 6.01. The number of nitrogens with zero attached hydrogens (tertiary/aromatic N) is 1. The summed E-state index contributed by atoms with van der Waals surface area (Å²) < 4.78 is 27.0. The molecule has 1 amide bonds. The maximum Gasteiger partial charge on any atom is 0.259 e. The lowest BCUT2D eigenvalue weighted by Gasteiger charge is -2.17. The first kappa shape index (κ1) is 13.0. The van der Waals surface area contributed by atoms with Crippen LogP contribution < -0.4 is 5.32 Å². The van der Waals surface area contributed by atoms with Gasteiger partial charge in [-0.3, -0.25) is 4.79 Å². The number of likely N-dealkylation sites (tertiary alicyclic amines) is 1. The van der Waals surface area contributed by atoms with Gasteiger partial charge in [-0.15, -0.1) is 0 Å². The lowest BCUT2D eigenvalue weighted by molar-refractivity contribution is 0.0777. The molecule has 1 aliphatic rings. The third-order valence-electron chi connectivity index (χ3n) is 3.24. The molecule has 98 valence electrons. The number of carbonyl (C=O) groups excluding carboxylic acids is 1. The summed E-state index contributed by atoms with van der Waals surface area (Å²) in [6.45, 7) is 1.91. The molecule has 0 saturated carbocycles. The minimum absolute atomic E-state index is 0.355. The van der Waals surface area contributed by atoms with E-state index in [2.05, 4.69) is 5.32 Å². The largest absolute Gasteiger partial charge is 0.338 e. The zero-order chi connectivity index (χ0) is 13.1. The predicted octanol–water partition coefficient (Wildman–Crippen LogP) is 1.65. The Morgan fingerprint density at radius 3 is 2.72 bits per heavy atom. The van der Waals surface area contributed by atoms with E-state index in [-0.39, 0.29) is 0 Å². The maximum absolute atomic E-state index is 13.5. The Morgan fingerprint density at radius 1 is 1.44 bits per heavy atom. The van der Waals surface area contributed by atoms with Crippen LogP contribution in [0.3, 0.4) is 0 Å². The van der Waals surface area contributed by atoms with Crippen molar-refractivity contribution < 1.29 is 13.6 Å². The van der Waals surface area contributed by atoms with Crippen molar-refractivity contribution in [2.24, 2.45) is 5.92 Å². The highest BCUT2D eigenvalue weighted by Gasteiger charge is 2.29. The Labute approximate surface area is 105 Å². The van der Waals surface area contributed by atoms with Gasteiger partial charge in [0, 0.05) is 13.1 Å². The first-order valence-electron chi connectivity index (χ1n) is 6.01. The van der Waals surface area contributed by atoms with Gasteiger partial charge in [0.15, 0.2) is 0 Å². The van der Waals surface area contributed by atoms with E-state index in [4.69, 9.17) is 0 Å². The lowest BCUT2D eigenvalue weighted by Crippen LogP contribution is -2.31. The second-order valence-electron chi connectivity index (χ2n) is 4.56. The number of carbonyl (C=O) groups is 1. The summed E-state index contributed by atoms with van der Waals surface area (Å²) in [6, 6.07) is 3.48. The van der Waals surface area contributed by atoms with Crippen molar-refractivity contribution in [3.63, 3.8) is 0 Å². The van der Waals surface area contributed by atoms with Crippen molar-refractivity contribution in [1.29, 1.82) is 0 Å². The van der Waals surface area contributed by atoms with Crippen molar-refractivity contribution in [2.45, 2.75) is 6.42 Å². The molecule has 18 heavy (non-hydrogen) atoms. The molecule has 0 radical (unpaired) electrons. The Kier molecular flexibility index (Phi) is 3.91. The molecule has 1 heterocycles. The second-order valence-corrected chi connectivity index (χ2v) is 4.56. The van der Waals surface area contributed by atoms with Crippen LogP contribution in [0, 0.1) is 17.6 Å². The van der Waals surface area contributed by atoms with Gasteiger partial charge in [-0.05, 0) is 38.1 Å². The van der Waals surface area contributed by atoms with E-state index in [1.807, 2.05) is 7.05 Å². The standard InChI is InChI=1S/C13H16F2N2O/c1-16-7-9-5-6-17(8-9)13(18)12-10(14)3-2-4-11(12)15/h2-4,9,16H,5-8H2,1H3/t9-/m1/s1. The van der Waals surface area contributed by atoms with Crippen molar-refractivity contribution in [1.82, 2.24) is 10.2 Å². The molecule has 3 nitrogen and oxygen atoms in total. The Bertz CT molecular complexity index is 430. The van der Waals surface area contributed by atoms with Crippen molar-refractivity contribution in [2.75, 3.05) is 26.7 Å². The number of hydrogen-bond donors (Lipinski definition) is 1. The molecular formula is C13H16F2N2O. The minimum atomic E-state index is -0.794. The smallest absolute Gasteiger partial charge is 0.259 e. The molecule has 1 fully saturated rings. The third-order valence-corrected chi connectivity index (χ3v) is 3.24. The molecule has 1 aliphatic heterocycles. The summed E-state index contributed by atoms with van der Waals surface area (Å²) in [5, 5.41) is 3.05. The monoisotopic (exact) mass is 254 g/mol. The Morgan fingerprint density at radius 2 is 2.11 bits per heavy atom. The fourth-order valence-corrected chi connectivity index (χ4v) is 2.33. The van der Waals surface area contributed by atoms with Crippen molar-refractivity contribution in [3.05, 3.63) is 35.4 Å². The summed E-state index contributed by atoms with van der Waals surface area (Å²) in [7, 11) is 1.85. The molecule has 1 N–H and O–H groups in total. The molecule has 0 aliphatic carbocycles. The van der Waals surface area contributed by atoms with E-state index in [1.54, 1.807) is 0 Å². The fraction of sp³-hybridized carbons (Fsp3) is 0.462. The molecule has 1 atom stereocenters. The summed E-state index contributed by atoms with van der Waals surface area (Å²) in [4.78, 5) is 13.6. The zero-order valence-corrected chi connectivity index (χ0v) is 10.2. The topological polar surface area (TPSA) is 32.3 Å². The SMILES string of the molecule is CNC[C@H]1CCN(C(=O)c2c(F)cccc2F)C1. The average Bonchev–Trinajstić information content (AvgIpc) is 2.78. The molecule has 2 rings (SSSR count). The highest BCUT2D eigenvalue weighted by molar-refractivity contribution is 5.94. The summed E-state index contributed by atoms with van der Waals surface area (Å²) >= 11 is 0. The van der Waals surface area contributed by atoms with Gasteiger partial charge in [-0.2, -0.15) is 0 Å². The summed E-state index contributed by atoms with van der Waals surface area (Å²) in [5.41, 5.74) is -0.442. The van der Waals surface area contributed by atoms with Gasteiger partial charge in [0.2, 0.25) is 0 Å².